The number of hydrogen-bond acceptors (Lipinski definition) is 3. The van der Waals surface area contributed by atoms with Gasteiger partial charge in [0.2, 0.25) is 0 Å². The van der Waals surface area contributed by atoms with Gasteiger partial charge in [-0.05, 0) is 66.8 Å². The van der Waals surface area contributed by atoms with Crippen LogP contribution >= 0.6 is 0 Å². The van der Waals surface area contributed by atoms with E-state index in [4.69, 9.17) is 9.47 Å². The maximum atomic E-state index is 6.27. The quantitative estimate of drug-likeness (QED) is 0.654. The predicted molar refractivity (Wildman–Crippen MR) is 85.2 cm³/mol. The molecule has 0 saturated carbocycles. The lowest BCUT2D eigenvalue weighted by atomic mass is 9.80. The lowest BCUT2D eigenvalue weighted by molar-refractivity contribution is -0.0780. The van der Waals surface area contributed by atoms with E-state index in [1.807, 2.05) is 0 Å². The van der Waals surface area contributed by atoms with Crippen molar-refractivity contribution in [2.24, 2.45) is 5.92 Å². The maximum absolute atomic E-state index is 6.27. The maximum Gasteiger partial charge on any atom is 0.0677 e. The minimum absolute atomic E-state index is 0.000228. The van der Waals surface area contributed by atoms with Gasteiger partial charge in [0.1, 0.15) is 0 Å². The molecule has 0 aromatic rings. The van der Waals surface area contributed by atoms with Crippen LogP contribution in [0, 0.1) is 5.92 Å². The highest BCUT2D eigenvalue weighted by molar-refractivity contribution is 4.99. The number of rotatable bonds is 9. The Bertz CT molecular complexity index is 276. The van der Waals surface area contributed by atoms with E-state index in [1.165, 1.54) is 12.8 Å². The average molecular weight is 285 g/mol. The van der Waals surface area contributed by atoms with Crippen molar-refractivity contribution < 1.29 is 9.47 Å². The summed E-state index contributed by atoms with van der Waals surface area (Å²) in [6.45, 7) is 16.0. The summed E-state index contributed by atoms with van der Waals surface area (Å²) >= 11 is 0. The minimum atomic E-state index is -0.0411. The SMILES string of the molecule is CCCNC(CCCOCC)C1CC(C)(C)OC1(C)C. The highest BCUT2D eigenvalue weighted by atomic mass is 16.5. The fourth-order valence-corrected chi connectivity index (χ4v) is 3.56. The van der Waals surface area contributed by atoms with Crippen LogP contribution in [0.5, 0.6) is 0 Å². The lowest BCUT2D eigenvalue weighted by Crippen LogP contribution is -2.44. The summed E-state index contributed by atoms with van der Waals surface area (Å²) in [6, 6.07) is 0.534. The third kappa shape index (κ3) is 5.34. The molecule has 3 heteroatoms. The van der Waals surface area contributed by atoms with Crippen molar-refractivity contribution in [3.05, 3.63) is 0 Å². The molecule has 1 rings (SSSR count). The number of nitrogens with one attached hydrogen (secondary N) is 1. The molecular formula is C17H35NO2. The Hall–Kier alpha value is -0.120. The molecule has 0 amide bonds. The van der Waals surface area contributed by atoms with Gasteiger partial charge in [-0.25, -0.2) is 0 Å². The first-order valence-corrected chi connectivity index (χ1v) is 8.33. The summed E-state index contributed by atoms with van der Waals surface area (Å²) in [7, 11) is 0. The van der Waals surface area contributed by atoms with E-state index in [1.54, 1.807) is 0 Å². The second-order valence-electron chi connectivity index (χ2n) is 7.18. The molecule has 1 saturated heterocycles. The van der Waals surface area contributed by atoms with Gasteiger partial charge in [0, 0.05) is 25.2 Å². The molecule has 1 fully saturated rings. The van der Waals surface area contributed by atoms with E-state index < -0.39 is 0 Å². The van der Waals surface area contributed by atoms with Crippen LogP contribution in [0.15, 0.2) is 0 Å². The zero-order valence-electron chi connectivity index (χ0n) is 14.4. The summed E-state index contributed by atoms with van der Waals surface area (Å²) in [5.41, 5.74) is -0.0409. The van der Waals surface area contributed by atoms with Gasteiger partial charge in [0.15, 0.2) is 0 Å². The Balaban J connectivity index is 2.61. The van der Waals surface area contributed by atoms with E-state index >= 15 is 0 Å². The standard InChI is InChI=1S/C17H35NO2/c1-7-11-18-15(10-9-12-19-8-2)14-13-16(3,4)20-17(14,5)6/h14-15,18H,7-13H2,1-6H3. The molecule has 2 atom stereocenters. The monoisotopic (exact) mass is 285 g/mol. The van der Waals surface area contributed by atoms with Crippen molar-refractivity contribution in [2.45, 2.75) is 84.5 Å². The normalized spacial score (nSPS) is 25.8. The van der Waals surface area contributed by atoms with Crippen LogP contribution in [0.25, 0.3) is 0 Å². The minimum Gasteiger partial charge on any atom is -0.382 e. The van der Waals surface area contributed by atoms with E-state index in [0.29, 0.717) is 12.0 Å². The summed E-state index contributed by atoms with van der Waals surface area (Å²) in [6.07, 6.45) is 4.62. The second-order valence-corrected chi connectivity index (χ2v) is 7.18. The van der Waals surface area contributed by atoms with Gasteiger partial charge in [-0.15, -0.1) is 0 Å². The van der Waals surface area contributed by atoms with Gasteiger partial charge >= 0.3 is 0 Å². The van der Waals surface area contributed by atoms with Crippen LogP contribution in [0.4, 0.5) is 0 Å². The lowest BCUT2D eigenvalue weighted by Gasteiger charge is -2.33. The predicted octanol–water partition coefficient (Wildman–Crippen LogP) is 3.77. The van der Waals surface area contributed by atoms with Crippen molar-refractivity contribution in [2.75, 3.05) is 19.8 Å². The average Bonchev–Trinajstić information content (AvgIpc) is 2.56. The molecule has 0 aromatic carbocycles. The van der Waals surface area contributed by atoms with E-state index in [0.717, 1.165) is 32.6 Å². The Labute approximate surface area is 125 Å². The van der Waals surface area contributed by atoms with Crippen LogP contribution in [0.3, 0.4) is 0 Å². The van der Waals surface area contributed by atoms with Crippen LogP contribution in [-0.2, 0) is 9.47 Å². The molecule has 3 nitrogen and oxygen atoms in total. The van der Waals surface area contributed by atoms with Crippen molar-refractivity contribution in [1.82, 2.24) is 5.32 Å². The van der Waals surface area contributed by atoms with Gasteiger partial charge in [-0.2, -0.15) is 0 Å². The van der Waals surface area contributed by atoms with Crippen molar-refractivity contribution in [1.29, 1.82) is 0 Å². The van der Waals surface area contributed by atoms with Gasteiger partial charge in [-0.3, -0.25) is 0 Å². The van der Waals surface area contributed by atoms with Crippen LogP contribution < -0.4 is 5.32 Å². The number of hydrogen-bond donors (Lipinski definition) is 1. The summed E-state index contributed by atoms with van der Waals surface area (Å²) in [5, 5.41) is 3.75. The van der Waals surface area contributed by atoms with Crippen LogP contribution in [-0.4, -0.2) is 37.0 Å². The molecule has 1 aliphatic rings. The molecule has 0 aliphatic carbocycles. The number of ether oxygens (including phenoxy) is 2. The zero-order valence-corrected chi connectivity index (χ0v) is 14.4. The summed E-state index contributed by atoms with van der Waals surface area (Å²) < 4.78 is 11.8. The van der Waals surface area contributed by atoms with Gasteiger partial charge in [0.05, 0.1) is 11.2 Å². The molecule has 0 bridgehead atoms. The summed E-state index contributed by atoms with van der Waals surface area (Å²) in [5.74, 6) is 0.575. The van der Waals surface area contributed by atoms with Crippen LogP contribution in [0.2, 0.25) is 0 Å². The Morgan fingerprint density at radius 3 is 2.45 bits per heavy atom. The van der Waals surface area contributed by atoms with E-state index in [-0.39, 0.29) is 11.2 Å². The first kappa shape index (κ1) is 17.9. The van der Waals surface area contributed by atoms with Crippen molar-refractivity contribution in [3.8, 4) is 0 Å². The first-order valence-electron chi connectivity index (χ1n) is 8.33. The molecule has 0 aromatic heterocycles. The van der Waals surface area contributed by atoms with E-state index in [2.05, 4.69) is 46.9 Å². The highest BCUT2D eigenvalue weighted by Crippen LogP contribution is 2.44. The third-order valence-corrected chi connectivity index (χ3v) is 4.29. The summed E-state index contributed by atoms with van der Waals surface area (Å²) in [4.78, 5) is 0. The molecule has 0 radical (unpaired) electrons. The molecule has 1 aliphatic heterocycles. The van der Waals surface area contributed by atoms with Gasteiger partial charge < -0.3 is 14.8 Å². The highest BCUT2D eigenvalue weighted by Gasteiger charge is 2.48. The van der Waals surface area contributed by atoms with Crippen molar-refractivity contribution in [3.63, 3.8) is 0 Å². The largest absolute Gasteiger partial charge is 0.382 e. The molecule has 20 heavy (non-hydrogen) atoms. The van der Waals surface area contributed by atoms with E-state index in [9.17, 15) is 0 Å². The van der Waals surface area contributed by atoms with Crippen molar-refractivity contribution >= 4 is 0 Å². The van der Waals surface area contributed by atoms with Gasteiger partial charge in [-0.1, -0.05) is 6.92 Å². The Morgan fingerprint density at radius 2 is 1.95 bits per heavy atom. The molecule has 120 valence electrons. The Kier molecular flexibility index (Phi) is 6.96. The third-order valence-electron chi connectivity index (χ3n) is 4.29. The Morgan fingerprint density at radius 1 is 1.25 bits per heavy atom. The fraction of sp³-hybridized carbons (Fsp3) is 1.00. The molecule has 2 unspecified atom stereocenters. The smallest absolute Gasteiger partial charge is 0.0677 e. The molecule has 0 spiro atoms. The first-order chi connectivity index (χ1) is 9.32. The zero-order chi connectivity index (χ0) is 15.2. The second kappa shape index (κ2) is 7.77. The van der Waals surface area contributed by atoms with Gasteiger partial charge in [0.25, 0.3) is 0 Å². The topological polar surface area (TPSA) is 30.5 Å². The fourth-order valence-electron chi connectivity index (χ4n) is 3.56. The molecule has 1 N–H and O–H groups in total. The molecular weight excluding hydrogens is 250 g/mol. The van der Waals surface area contributed by atoms with Crippen LogP contribution in [0.1, 0.15) is 67.2 Å². The molecule has 1 heterocycles.